The van der Waals surface area contributed by atoms with Gasteiger partial charge in [-0.15, -0.1) is 21.5 Å². The summed E-state index contributed by atoms with van der Waals surface area (Å²) in [7, 11) is 0. The average molecular weight is 646 g/mol. The van der Waals surface area contributed by atoms with Gasteiger partial charge in [-0.05, 0) is 53.7 Å². The van der Waals surface area contributed by atoms with Crippen LogP contribution in [0, 0.1) is 0 Å². The van der Waals surface area contributed by atoms with E-state index in [0.717, 1.165) is 56.5 Å². The molecule has 6 aromatic rings. The molecule has 0 unspecified atom stereocenters. The number of halogens is 2. The molecule has 0 spiro atoms. The zero-order valence-electron chi connectivity index (χ0n) is 23.2. The van der Waals surface area contributed by atoms with E-state index in [4.69, 9.17) is 14.7 Å². The molecule has 1 fully saturated rings. The van der Waals surface area contributed by atoms with E-state index in [9.17, 15) is 8.78 Å². The number of thioether (sulfide) groups is 1. The Morgan fingerprint density at radius 2 is 1.70 bits per heavy atom. The van der Waals surface area contributed by atoms with Crippen LogP contribution in [0.1, 0.15) is 5.82 Å². The van der Waals surface area contributed by atoms with Gasteiger partial charge in [0, 0.05) is 52.6 Å². The maximum absolute atomic E-state index is 13.0. The normalized spacial score (nSPS) is 14.1. The number of hydrogen-bond acceptors (Lipinski definition) is 10. The number of hydrogen-bond donors (Lipinski definition) is 0. The SMILES string of the molecule is FC(F)Sc1ccc(-n2c(Sc3nc(CN4CCOCC4)nc4scc(-c5ccccc5)c34)nnc2-c2cccnc2)cc1. The first-order valence-corrected chi connectivity index (χ1v) is 16.4. The highest BCUT2D eigenvalue weighted by molar-refractivity contribution is 7.99. The van der Waals surface area contributed by atoms with Gasteiger partial charge in [-0.3, -0.25) is 14.5 Å². The van der Waals surface area contributed by atoms with Crippen LogP contribution in [0.4, 0.5) is 8.78 Å². The van der Waals surface area contributed by atoms with E-state index in [2.05, 4.69) is 37.6 Å². The molecule has 1 saturated heterocycles. The summed E-state index contributed by atoms with van der Waals surface area (Å²) in [5.41, 5.74) is 3.65. The van der Waals surface area contributed by atoms with E-state index in [-0.39, 0.29) is 0 Å². The third kappa shape index (κ3) is 6.24. The molecule has 4 aromatic heterocycles. The van der Waals surface area contributed by atoms with E-state index in [1.807, 2.05) is 34.9 Å². The number of thiophene rings is 1. The summed E-state index contributed by atoms with van der Waals surface area (Å²) in [6, 6.07) is 20.9. The van der Waals surface area contributed by atoms with Gasteiger partial charge < -0.3 is 4.74 Å². The third-order valence-corrected chi connectivity index (χ3v) is 9.59. The lowest BCUT2D eigenvalue weighted by Gasteiger charge is -2.25. The molecule has 1 aliphatic rings. The summed E-state index contributed by atoms with van der Waals surface area (Å²) in [5.74, 6) is -1.18. The number of fused-ring (bicyclic) bond motifs is 1. The Hall–Kier alpha value is -3.75. The Labute approximate surface area is 264 Å². The molecule has 7 rings (SSSR count). The molecule has 0 N–H and O–H groups in total. The average Bonchev–Trinajstić information content (AvgIpc) is 3.67. The Kier molecular flexibility index (Phi) is 8.62. The lowest BCUT2D eigenvalue weighted by molar-refractivity contribution is 0.0330. The molecule has 222 valence electrons. The van der Waals surface area contributed by atoms with Crippen LogP contribution in [0.5, 0.6) is 0 Å². The van der Waals surface area contributed by atoms with Gasteiger partial charge in [0.05, 0.1) is 25.1 Å². The van der Waals surface area contributed by atoms with Crippen LogP contribution in [0.15, 0.2) is 99.6 Å². The number of rotatable bonds is 9. The van der Waals surface area contributed by atoms with Crippen LogP contribution in [0.3, 0.4) is 0 Å². The van der Waals surface area contributed by atoms with Crippen molar-refractivity contribution in [1.82, 2.24) is 34.6 Å². The molecule has 2 aromatic carbocycles. The van der Waals surface area contributed by atoms with Crippen molar-refractivity contribution in [2.24, 2.45) is 0 Å². The summed E-state index contributed by atoms with van der Waals surface area (Å²) < 4.78 is 33.5. The predicted octanol–water partition coefficient (Wildman–Crippen LogP) is 7.30. The quantitative estimate of drug-likeness (QED) is 0.119. The van der Waals surface area contributed by atoms with E-state index < -0.39 is 5.76 Å². The molecule has 8 nitrogen and oxygen atoms in total. The highest BCUT2D eigenvalue weighted by Crippen LogP contribution is 2.41. The van der Waals surface area contributed by atoms with Crippen LogP contribution in [0.2, 0.25) is 0 Å². The van der Waals surface area contributed by atoms with Gasteiger partial charge >= 0.3 is 0 Å². The summed E-state index contributed by atoms with van der Waals surface area (Å²) in [6.07, 6.45) is 3.43. The Morgan fingerprint density at radius 1 is 0.909 bits per heavy atom. The number of morpholine rings is 1. The molecular weight excluding hydrogens is 621 g/mol. The molecule has 0 bridgehead atoms. The molecule has 0 amide bonds. The summed E-state index contributed by atoms with van der Waals surface area (Å²) in [4.78, 5) is 18.0. The molecule has 1 aliphatic heterocycles. The van der Waals surface area contributed by atoms with Gasteiger partial charge in [-0.1, -0.05) is 42.1 Å². The minimum atomic E-state index is -2.50. The zero-order chi connectivity index (χ0) is 29.9. The topological polar surface area (TPSA) is 81.9 Å². The van der Waals surface area contributed by atoms with Crippen molar-refractivity contribution in [3.8, 4) is 28.2 Å². The fourth-order valence-electron chi connectivity index (χ4n) is 5.00. The number of nitrogens with zero attached hydrogens (tertiary/aromatic N) is 7. The Morgan fingerprint density at radius 3 is 2.45 bits per heavy atom. The van der Waals surface area contributed by atoms with Crippen LogP contribution >= 0.6 is 34.9 Å². The largest absolute Gasteiger partial charge is 0.379 e. The zero-order valence-corrected chi connectivity index (χ0v) is 25.7. The maximum atomic E-state index is 13.0. The number of benzene rings is 2. The molecule has 0 aliphatic carbocycles. The number of alkyl halides is 2. The molecule has 13 heteroatoms. The van der Waals surface area contributed by atoms with Crippen molar-refractivity contribution >= 4 is 45.1 Å². The lowest BCUT2D eigenvalue weighted by Crippen LogP contribution is -2.36. The van der Waals surface area contributed by atoms with E-state index in [1.165, 1.54) is 11.8 Å². The number of aromatic nitrogens is 6. The van der Waals surface area contributed by atoms with Gasteiger partial charge in [-0.2, -0.15) is 8.78 Å². The first kappa shape index (κ1) is 29.0. The minimum absolute atomic E-state index is 0.477. The molecule has 0 radical (unpaired) electrons. The first-order chi connectivity index (χ1) is 21.6. The number of ether oxygens (including phenoxy) is 1. The van der Waals surface area contributed by atoms with Crippen molar-refractivity contribution in [1.29, 1.82) is 0 Å². The lowest BCUT2D eigenvalue weighted by atomic mass is 10.1. The van der Waals surface area contributed by atoms with Crippen LogP contribution < -0.4 is 0 Å². The predicted molar refractivity (Wildman–Crippen MR) is 170 cm³/mol. The molecular formula is C31H25F2N7OS3. The van der Waals surface area contributed by atoms with Gasteiger partial charge in [0.25, 0.3) is 5.76 Å². The van der Waals surface area contributed by atoms with Gasteiger partial charge in [0.1, 0.15) is 15.7 Å². The summed E-state index contributed by atoms with van der Waals surface area (Å²) >= 11 is 3.52. The van der Waals surface area contributed by atoms with E-state index in [1.54, 1.807) is 48.0 Å². The van der Waals surface area contributed by atoms with Gasteiger partial charge in [0.15, 0.2) is 5.82 Å². The highest BCUT2D eigenvalue weighted by atomic mass is 32.2. The number of pyridine rings is 1. The molecule has 5 heterocycles. The van der Waals surface area contributed by atoms with Crippen molar-refractivity contribution in [3.63, 3.8) is 0 Å². The smallest absolute Gasteiger partial charge is 0.288 e. The van der Waals surface area contributed by atoms with Crippen LogP contribution in [-0.4, -0.2) is 66.7 Å². The first-order valence-electron chi connectivity index (χ1n) is 13.8. The van der Waals surface area contributed by atoms with E-state index in [0.29, 0.717) is 47.4 Å². The second kappa shape index (κ2) is 13.1. The van der Waals surface area contributed by atoms with Crippen molar-refractivity contribution in [2.45, 2.75) is 27.4 Å². The van der Waals surface area contributed by atoms with Gasteiger partial charge in [-0.25, -0.2) is 9.97 Å². The van der Waals surface area contributed by atoms with E-state index >= 15 is 0 Å². The minimum Gasteiger partial charge on any atom is -0.379 e. The maximum Gasteiger partial charge on any atom is 0.288 e. The van der Waals surface area contributed by atoms with Crippen LogP contribution in [0.25, 0.3) is 38.4 Å². The fraction of sp³-hybridized carbons (Fsp3) is 0.194. The second-order valence-electron chi connectivity index (χ2n) is 9.89. The van der Waals surface area contributed by atoms with Crippen LogP contribution in [-0.2, 0) is 11.3 Å². The summed E-state index contributed by atoms with van der Waals surface area (Å²) in [6.45, 7) is 3.65. The Balaban J connectivity index is 1.35. The second-order valence-corrected chi connectivity index (χ2v) is 12.8. The molecule has 44 heavy (non-hydrogen) atoms. The summed E-state index contributed by atoms with van der Waals surface area (Å²) in [5, 5.41) is 13.6. The standard InChI is InChI=1S/C31H25F2N7OS3/c32-30(33)43-23-10-8-22(9-11-23)40-27(21-7-4-12-34-17-21)37-38-31(40)44-29-26-24(20-5-2-1-3-6-20)19-42-28(26)35-25(36-29)18-39-13-15-41-16-14-39/h1-12,17,19,30H,13-16,18H2. The monoisotopic (exact) mass is 645 g/mol. The molecule has 0 saturated carbocycles. The van der Waals surface area contributed by atoms with Crippen molar-refractivity contribution < 1.29 is 13.5 Å². The third-order valence-electron chi connectivity index (χ3n) is 7.06. The fourth-order valence-corrected chi connectivity index (χ4v) is 7.53. The Bertz CT molecular complexity index is 1860. The van der Waals surface area contributed by atoms with Crippen molar-refractivity contribution in [3.05, 3.63) is 90.3 Å². The highest BCUT2D eigenvalue weighted by Gasteiger charge is 2.23. The van der Waals surface area contributed by atoms with Crippen molar-refractivity contribution in [2.75, 3.05) is 26.3 Å². The molecule has 0 atom stereocenters. The van der Waals surface area contributed by atoms with Gasteiger partial charge in [0.2, 0.25) is 5.16 Å².